The standard InChI is InChI=1S/C17H16FNO2/c18-16-9-5-4-6-14(16)10-11-17(20)19-12-13-21-15-7-2-1-3-8-15/h1-11H,12-13H2,(H,19,20)/b11-10+. The lowest BCUT2D eigenvalue weighted by molar-refractivity contribution is -0.116. The average Bonchev–Trinajstić information content (AvgIpc) is 2.52. The topological polar surface area (TPSA) is 38.3 Å². The highest BCUT2D eigenvalue weighted by atomic mass is 19.1. The first kappa shape index (κ1) is 14.8. The molecule has 0 saturated heterocycles. The Labute approximate surface area is 123 Å². The fourth-order valence-corrected chi connectivity index (χ4v) is 1.69. The zero-order valence-electron chi connectivity index (χ0n) is 11.5. The quantitative estimate of drug-likeness (QED) is 0.654. The van der Waals surface area contributed by atoms with Crippen LogP contribution in [0.2, 0.25) is 0 Å². The van der Waals surface area contributed by atoms with Gasteiger partial charge in [0.05, 0.1) is 6.54 Å². The van der Waals surface area contributed by atoms with Crippen LogP contribution in [0.3, 0.4) is 0 Å². The van der Waals surface area contributed by atoms with Crippen molar-refractivity contribution in [2.75, 3.05) is 13.2 Å². The second kappa shape index (κ2) is 7.85. The van der Waals surface area contributed by atoms with Crippen molar-refractivity contribution in [2.45, 2.75) is 0 Å². The molecule has 0 atom stereocenters. The largest absolute Gasteiger partial charge is 0.492 e. The van der Waals surface area contributed by atoms with Crippen LogP contribution in [0, 0.1) is 5.82 Å². The summed E-state index contributed by atoms with van der Waals surface area (Å²) in [5, 5.41) is 2.67. The van der Waals surface area contributed by atoms with Crippen LogP contribution in [0.5, 0.6) is 5.75 Å². The first-order chi connectivity index (χ1) is 10.3. The maximum Gasteiger partial charge on any atom is 0.244 e. The number of rotatable bonds is 6. The molecule has 0 aliphatic rings. The smallest absolute Gasteiger partial charge is 0.244 e. The Morgan fingerprint density at radius 3 is 2.57 bits per heavy atom. The van der Waals surface area contributed by atoms with E-state index in [9.17, 15) is 9.18 Å². The van der Waals surface area contributed by atoms with E-state index in [1.807, 2.05) is 30.3 Å². The minimum atomic E-state index is -0.353. The van der Waals surface area contributed by atoms with E-state index in [2.05, 4.69) is 5.32 Å². The van der Waals surface area contributed by atoms with Gasteiger partial charge in [-0.15, -0.1) is 0 Å². The van der Waals surface area contributed by atoms with Gasteiger partial charge in [0.1, 0.15) is 18.2 Å². The van der Waals surface area contributed by atoms with E-state index in [0.29, 0.717) is 18.7 Å². The van der Waals surface area contributed by atoms with Gasteiger partial charge in [-0.1, -0.05) is 36.4 Å². The van der Waals surface area contributed by atoms with Crippen LogP contribution in [-0.4, -0.2) is 19.1 Å². The van der Waals surface area contributed by atoms with Crippen LogP contribution in [0.15, 0.2) is 60.7 Å². The summed E-state index contributed by atoms with van der Waals surface area (Å²) in [6.07, 6.45) is 2.75. The maximum absolute atomic E-state index is 13.3. The van der Waals surface area contributed by atoms with Crippen molar-refractivity contribution in [2.24, 2.45) is 0 Å². The van der Waals surface area contributed by atoms with Crippen molar-refractivity contribution < 1.29 is 13.9 Å². The summed E-state index contributed by atoms with van der Waals surface area (Å²) in [6.45, 7) is 0.763. The summed E-state index contributed by atoms with van der Waals surface area (Å²) < 4.78 is 18.8. The van der Waals surface area contributed by atoms with Gasteiger partial charge in [-0.3, -0.25) is 4.79 Å². The lowest BCUT2D eigenvalue weighted by Gasteiger charge is -2.06. The number of para-hydroxylation sites is 1. The summed E-state index contributed by atoms with van der Waals surface area (Å²) in [4.78, 5) is 11.6. The van der Waals surface area contributed by atoms with Gasteiger partial charge in [0.25, 0.3) is 0 Å². The molecule has 21 heavy (non-hydrogen) atoms. The Hall–Kier alpha value is -2.62. The van der Waals surface area contributed by atoms with E-state index < -0.39 is 0 Å². The van der Waals surface area contributed by atoms with E-state index in [1.165, 1.54) is 18.2 Å². The van der Waals surface area contributed by atoms with Crippen LogP contribution in [-0.2, 0) is 4.79 Å². The first-order valence-corrected chi connectivity index (χ1v) is 6.64. The van der Waals surface area contributed by atoms with E-state index in [0.717, 1.165) is 5.75 Å². The molecule has 0 bridgehead atoms. The predicted octanol–water partition coefficient (Wildman–Crippen LogP) is 3.03. The van der Waals surface area contributed by atoms with Crippen molar-refractivity contribution in [3.8, 4) is 5.75 Å². The second-order valence-electron chi connectivity index (χ2n) is 4.31. The fraction of sp³-hybridized carbons (Fsp3) is 0.118. The Morgan fingerprint density at radius 1 is 1.10 bits per heavy atom. The normalized spacial score (nSPS) is 10.5. The number of amides is 1. The highest BCUT2D eigenvalue weighted by molar-refractivity contribution is 5.91. The van der Waals surface area contributed by atoms with Gasteiger partial charge in [0.15, 0.2) is 0 Å². The van der Waals surface area contributed by atoms with Gasteiger partial charge in [0, 0.05) is 11.6 Å². The molecule has 0 saturated carbocycles. The van der Waals surface area contributed by atoms with Gasteiger partial charge in [0.2, 0.25) is 5.91 Å². The van der Waals surface area contributed by atoms with Crippen molar-refractivity contribution in [3.63, 3.8) is 0 Å². The molecular formula is C17H16FNO2. The molecule has 2 aromatic carbocycles. The van der Waals surface area contributed by atoms with Crippen LogP contribution in [0.25, 0.3) is 6.08 Å². The Bertz CT molecular complexity index is 611. The Morgan fingerprint density at radius 2 is 1.81 bits per heavy atom. The summed E-state index contributed by atoms with van der Waals surface area (Å²) in [7, 11) is 0. The van der Waals surface area contributed by atoms with Crippen molar-refractivity contribution >= 4 is 12.0 Å². The zero-order valence-corrected chi connectivity index (χ0v) is 11.5. The minimum Gasteiger partial charge on any atom is -0.492 e. The summed E-state index contributed by atoms with van der Waals surface area (Å²) in [5.74, 6) is 0.123. The molecule has 2 aromatic rings. The predicted molar refractivity (Wildman–Crippen MR) is 80.4 cm³/mol. The van der Waals surface area contributed by atoms with E-state index >= 15 is 0 Å². The van der Waals surface area contributed by atoms with Gasteiger partial charge >= 0.3 is 0 Å². The molecule has 3 nitrogen and oxygen atoms in total. The van der Waals surface area contributed by atoms with Crippen LogP contribution in [0.1, 0.15) is 5.56 Å². The third-order valence-corrected chi connectivity index (χ3v) is 2.73. The highest BCUT2D eigenvalue weighted by Gasteiger charge is 1.98. The number of nitrogens with one attached hydrogen (secondary N) is 1. The average molecular weight is 285 g/mol. The SMILES string of the molecule is O=C(/C=C/c1ccccc1F)NCCOc1ccccc1. The number of ether oxygens (including phenoxy) is 1. The van der Waals surface area contributed by atoms with Crippen LogP contribution in [0.4, 0.5) is 4.39 Å². The Kier molecular flexibility index (Phi) is 5.52. The lowest BCUT2D eigenvalue weighted by Crippen LogP contribution is -2.26. The summed E-state index contributed by atoms with van der Waals surface area (Å²) in [5.41, 5.74) is 0.383. The van der Waals surface area contributed by atoms with Crippen LogP contribution >= 0.6 is 0 Å². The maximum atomic E-state index is 13.3. The van der Waals surface area contributed by atoms with Gasteiger partial charge in [-0.25, -0.2) is 4.39 Å². The van der Waals surface area contributed by atoms with Gasteiger partial charge in [-0.05, 0) is 24.3 Å². The van der Waals surface area contributed by atoms with Gasteiger partial charge < -0.3 is 10.1 Å². The molecule has 1 N–H and O–H groups in total. The summed E-state index contributed by atoms with van der Waals surface area (Å²) >= 11 is 0. The van der Waals surface area contributed by atoms with Gasteiger partial charge in [-0.2, -0.15) is 0 Å². The number of hydrogen-bond acceptors (Lipinski definition) is 2. The number of benzene rings is 2. The van der Waals surface area contributed by atoms with Crippen molar-refractivity contribution in [3.05, 3.63) is 72.1 Å². The minimum absolute atomic E-state index is 0.282. The van der Waals surface area contributed by atoms with Crippen molar-refractivity contribution in [1.29, 1.82) is 0 Å². The molecule has 0 heterocycles. The van der Waals surface area contributed by atoms with E-state index in [1.54, 1.807) is 18.2 Å². The third kappa shape index (κ3) is 5.10. The first-order valence-electron chi connectivity index (χ1n) is 6.64. The molecule has 2 rings (SSSR count). The molecule has 0 aliphatic carbocycles. The Balaban J connectivity index is 1.72. The number of hydrogen-bond donors (Lipinski definition) is 1. The molecule has 4 heteroatoms. The molecule has 0 spiro atoms. The number of carbonyl (C=O) groups is 1. The molecular weight excluding hydrogens is 269 g/mol. The van der Waals surface area contributed by atoms with Crippen LogP contribution < -0.4 is 10.1 Å². The molecule has 0 unspecified atom stereocenters. The number of halogens is 1. The zero-order chi connectivity index (χ0) is 14.9. The molecule has 108 valence electrons. The van der Waals surface area contributed by atoms with E-state index in [-0.39, 0.29) is 11.7 Å². The molecule has 0 fully saturated rings. The molecule has 0 radical (unpaired) electrons. The second-order valence-corrected chi connectivity index (χ2v) is 4.31. The molecule has 0 aromatic heterocycles. The molecule has 0 aliphatic heterocycles. The molecule has 1 amide bonds. The fourth-order valence-electron chi connectivity index (χ4n) is 1.69. The van der Waals surface area contributed by atoms with Crippen molar-refractivity contribution in [1.82, 2.24) is 5.32 Å². The monoisotopic (exact) mass is 285 g/mol. The third-order valence-electron chi connectivity index (χ3n) is 2.73. The number of carbonyl (C=O) groups excluding carboxylic acids is 1. The highest BCUT2D eigenvalue weighted by Crippen LogP contribution is 2.08. The van der Waals surface area contributed by atoms with E-state index in [4.69, 9.17) is 4.74 Å². The lowest BCUT2D eigenvalue weighted by atomic mass is 10.2. The summed E-state index contributed by atoms with van der Waals surface area (Å²) in [6, 6.07) is 15.6.